The third kappa shape index (κ3) is 7.62. The fourth-order valence-electron chi connectivity index (χ4n) is 3.71. The number of hydrogen-bond acceptors (Lipinski definition) is 6. The Kier molecular flexibility index (Phi) is 9.95. The standard InChI is InChI=1S/C27H37NO7/c1-8-28(26(31)35-27(3,4)5)21(25(29)30)14-18-10-12-20(13-11-18)24-22(32-6)15-19(17-34-9-2)16-23(24)33-7/h10-13,15-16,21H,8-9,14,17H2,1-7H3,(H,29,30)/t21-/m0/s1. The van der Waals surface area contributed by atoms with Crippen molar-refractivity contribution in [2.24, 2.45) is 0 Å². The van der Waals surface area contributed by atoms with Gasteiger partial charge in [0.05, 0.1) is 26.4 Å². The van der Waals surface area contributed by atoms with Crippen molar-refractivity contribution in [1.82, 2.24) is 4.90 Å². The minimum absolute atomic E-state index is 0.143. The van der Waals surface area contributed by atoms with Crippen molar-refractivity contribution in [3.05, 3.63) is 47.5 Å². The summed E-state index contributed by atoms with van der Waals surface area (Å²) < 4.78 is 22.2. The lowest BCUT2D eigenvalue weighted by Gasteiger charge is -2.30. The number of nitrogens with zero attached hydrogens (tertiary/aromatic N) is 1. The molecule has 0 radical (unpaired) electrons. The summed E-state index contributed by atoms with van der Waals surface area (Å²) in [5.41, 5.74) is 2.64. The van der Waals surface area contributed by atoms with E-state index in [4.69, 9.17) is 18.9 Å². The predicted molar refractivity (Wildman–Crippen MR) is 134 cm³/mol. The van der Waals surface area contributed by atoms with Gasteiger partial charge in [0.25, 0.3) is 0 Å². The maximum absolute atomic E-state index is 12.6. The van der Waals surface area contributed by atoms with Crippen LogP contribution >= 0.6 is 0 Å². The van der Waals surface area contributed by atoms with Crippen LogP contribution in [0.25, 0.3) is 11.1 Å². The van der Waals surface area contributed by atoms with E-state index in [1.165, 1.54) is 4.90 Å². The third-order valence-corrected chi connectivity index (χ3v) is 5.34. The molecule has 0 unspecified atom stereocenters. The number of hydrogen-bond donors (Lipinski definition) is 1. The Bertz CT molecular complexity index is 971. The molecule has 192 valence electrons. The molecule has 1 atom stereocenters. The first-order valence-corrected chi connectivity index (χ1v) is 11.7. The second-order valence-corrected chi connectivity index (χ2v) is 9.03. The molecule has 0 spiro atoms. The topological polar surface area (TPSA) is 94.5 Å². The lowest BCUT2D eigenvalue weighted by molar-refractivity contribution is -0.143. The first kappa shape index (κ1) is 28.0. The summed E-state index contributed by atoms with van der Waals surface area (Å²) in [7, 11) is 3.20. The van der Waals surface area contributed by atoms with Gasteiger partial charge < -0.3 is 24.1 Å². The van der Waals surface area contributed by atoms with Gasteiger partial charge in [-0.3, -0.25) is 4.90 Å². The van der Waals surface area contributed by atoms with Gasteiger partial charge in [-0.1, -0.05) is 24.3 Å². The highest BCUT2D eigenvalue weighted by Crippen LogP contribution is 2.40. The fraction of sp³-hybridized carbons (Fsp3) is 0.481. The van der Waals surface area contributed by atoms with Crippen LogP contribution in [0.4, 0.5) is 4.79 Å². The van der Waals surface area contributed by atoms with E-state index in [2.05, 4.69) is 0 Å². The van der Waals surface area contributed by atoms with Crippen LogP contribution in [-0.2, 0) is 27.3 Å². The summed E-state index contributed by atoms with van der Waals surface area (Å²) in [6.45, 7) is 10.2. The van der Waals surface area contributed by atoms with E-state index in [0.29, 0.717) is 24.7 Å². The van der Waals surface area contributed by atoms with Gasteiger partial charge in [-0.05, 0) is 63.4 Å². The summed E-state index contributed by atoms with van der Waals surface area (Å²) in [5.74, 6) is 0.213. The molecule has 0 saturated carbocycles. The second kappa shape index (κ2) is 12.4. The zero-order chi connectivity index (χ0) is 26.2. The van der Waals surface area contributed by atoms with E-state index in [-0.39, 0.29) is 13.0 Å². The Balaban J connectivity index is 2.33. The number of benzene rings is 2. The number of carboxylic acids is 1. The highest BCUT2D eigenvalue weighted by molar-refractivity contribution is 5.81. The number of rotatable bonds is 11. The van der Waals surface area contributed by atoms with Crippen molar-refractivity contribution in [2.45, 2.75) is 59.3 Å². The molecule has 8 nitrogen and oxygen atoms in total. The van der Waals surface area contributed by atoms with Gasteiger partial charge in [-0.25, -0.2) is 9.59 Å². The average Bonchev–Trinajstić information content (AvgIpc) is 2.81. The lowest BCUT2D eigenvalue weighted by Crippen LogP contribution is -2.48. The van der Waals surface area contributed by atoms with E-state index >= 15 is 0 Å². The molecule has 35 heavy (non-hydrogen) atoms. The van der Waals surface area contributed by atoms with E-state index in [1.807, 2.05) is 43.3 Å². The Morgan fingerprint density at radius 2 is 1.54 bits per heavy atom. The maximum atomic E-state index is 12.6. The van der Waals surface area contributed by atoms with Crippen LogP contribution < -0.4 is 9.47 Å². The fourth-order valence-corrected chi connectivity index (χ4v) is 3.71. The van der Waals surface area contributed by atoms with Crippen LogP contribution in [0.15, 0.2) is 36.4 Å². The molecule has 2 aromatic rings. The molecule has 0 aromatic heterocycles. The van der Waals surface area contributed by atoms with E-state index < -0.39 is 23.7 Å². The summed E-state index contributed by atoms with van der Waals surface area (Å²) in [4.78, 5) is 25.9. The first-order valence-electron chi connectivity index (χ1n) is 11.7. The second-order valence-electron chi connectivity index (χ2n) is 9.03. The number of carbonyl (C=O) groups is 2. The molecule has 2 rings (SSSR count). The molecule has 0 aliphatic heterocycles. The summed E-state index contributed by atoms with van der Waals surface area (Å²) in [6.07, 6.45) is -0.504. The molecule has 1 N–H and O–H groups in total. The maximum Gasteiger partial charge on any atom is 0.411 e. The van der Waals surface area contributed by atoms with Crippen molar-refractivity contribution >= 4 is 12.1 Å². The molecule has 0 aliphatic carbocycles. The van der Waals surface area contributed by atoms with Gasteiger partial charge in [-0.15, -0.1) is 0 Å². The van der Waals surface area contributed by atoms with Crippen molar-refractivity contribution < 1.29 is 33.6 Å². The molecule has 2 aromatic carbocycles. The number of likely N-dealkylation sites (N-methyl/N-ethyl adjacent to an activating group) is 1. The van der Waals surface area contributed by atoms with Crippen LogP contribution in [0.2, 0.25) is 0 Å². The van der Waals surface area contributed by atoms with Crippen molar-refractivity contribution in [1.29, 1.82) is 0 Å². The molecule has 0 bridgehead atoms. The number of ether oxygens (including phenoxy) is 4. The average molecular weight is 488 g/mol. The van der Waals surface area contributed by atoms with Gasteiger partial charge in [0.1, 0.15) is 23.1 Å². The molecule has 0 saturated heterocycles. The van der Waals surface area contributed by atoms with Crippen molar-refractivity contribution in [2.75, 3.05) is 27.4 Å². The molecule has 0 heterocycles. The van der Waals surface area contributed by atoms with Crippen LogP contribution in [0.1, 0.15) is 45.7 Å². The monoisotopic (exact) mass is 487 g/mol. The quantitative estimate of drug-likeness (QED) is 0.468. The van der Waals surface area contributed by atoms with Gasteiger partial charge in [-0.2, -0.15) is 0 Å². The summed E-state index contributed by atoms with van der Waals surface area (Å²) in [5, 5.41) is 9.85. The minimum Gasteiger partial charge on any atom is -0.496 e. The molecule has 8 heteroatoms. The van der Waals surface area contributed by atoms with Gasteiger partial charge in [0.2, 0.25) is 0 Å². The van der Waals surface area contributed by atoms with Gasteiger partial charge in [0.15, 0.2) is 0 Å². The summed E-state index contributed by atoms with van der Waals surface area (Å²) >= 11 is 0. The highest BCUT2D eigenvalue weighted by atomic mass is 16.6. The normalized spacial score (nSPS) is 12.1. The van der Waals surface area contributed by atoms with Crippen molar-refractivity contribution in [3.8, 4) is 22.6 Å². The predicted octanol–water partition coefficient (Wildman–Crippen LogP) is 5.16. The summed E-state index contributed by atoms with van der Waals surface area (Å²) in [6, 6.07) is 10.3. The molecule has 0 fully saturated rings. The number of aliphatic carboxylic acids is 1. The lowest BCUT2D eigenvalue weighted by atomic mass is 9.97. The Hall–Kier alpha value is -3.26. The Morgan fingerprint density at radius 3 is 1.97 bits per heavy atom. The van der Waals surface area contributed by atoms with Crippen LogP contribution in [-0.4, -0.2) is 61.1 Å². The number of amides is 1. The number of carboxylic acid groups (broad SMARTS) is 1. The minimum atomic E-state index is -1.09. The highest BCUT2D eigenvalue weighted by Gasteiger charge is 2.32. The molecule has 0 aliphatic rings. The van der Waals surface area contributed by atoms with E-state index in [9.17, 15) is 14.7 Å². The molecular formula is C27H37NO7. The number of carbonyl (C=O) groups excluding carboxylic acids is 1. The largest absolute Gasteiger partial charge is 0.496 e. The third-order valence-electron chi connectivity index (χ3n) is 5.34. The van der Waals surface area contributed by atoms with Crippen molar-refractivity contribution in [3.63, 3.8) is 0 Å². The van der Waals surface area contributed by atoms with E-state index in [1.54, 1.807) is 41.9 Å². The zero-order valence-electron chi connectivity index (χ0n) is 21.7. The van der Waals surface area contributed by atoms with Gasteiger partial charge >= 0.3 is 12.1 Å². The SMILES string of the molecule is CCOCc1cc(OC)c(-c2ccc(C[C@@H](C(=O)O)N(CC)C(=O)OC(C)(C)C)cc2)c(OC)c1. The Labute approximate surface area is 207 Å². The van der Waals surface area contributed by atoms with Crippen LogP contribution in [0, 0.1) is 0 Å². The van der Waals surface area contributed by atoms with E-state index in [0.717, 1.165) is 22.3 Å². The first-order chi connectivity index (χ1) is 16.5. The Morgan fingerprint density at radius 1 is 0.971 bits per heavy atom. The number of methoxy groups -OCH3 is 2. The van der Waals surface area contributed by atoms with Gasteiger partial charge in [0, 0.05) is 19.6 Å². The molecule has 1 amide bonds. The van der Waals surface area contributed by atoms with Crippen LogP contribution in [0.3, 0.4) is 0 Å². The van der Waals surface area contributed by atoms with Crippen LogP contribution in [0.5, 0.6) is 11.5 Å². The molecular weight excluding hydrogens is 450 g/mol. The smallest absolute Gasteiger partial charge is 0.411 e. The zero-order valence-corrected chi connectivity index (χ0v) is 21.7.